The molecule has 2 aromatic rings. The Hall–Kier alpha value is -2.44. The zero-order chi connectivity index (χ0) is 21.9. The molecular weight excluding hydrogens is 521 g/mol. The lowest BCUT2D eigenvalue weighted by Gasteiger charge is -2.12. The van der Waals surface area contributed by atoms with Crippen LogP contribution in [0.2, 0.25) is 0 Å². The molecule has 0 bridgehead atoms. The smallest absolute Gasteiger partial charge is 0.269 e. The van der Waals surface area contributed by atoms with Gasteiger partial charge in [0.1, 0.15) is 18.1 Å². The molecule has 0 aliphatic rings. The van der Waals surface area contributed by atoms with Crippen LogP contribution in [0.15, 0.2) is 42.5 Å². The molecule has 2 aromatic carbocycles. The summed E-state index contributed by atoms with van der Waals surface area (Å²) in [4.78, 5) is 24.5. The Kier molecular flexibility index (Phi) is 9.77. The fourth-order valence-corrected chi connectivity index (χ4v) is 3.14. The zero-order valence-electron chi connectivity index (χ0n) is 16.5. The molecule has 2 amide bonds. The van der Waals surface area contributed by atoms with E-state index in [4.69, 9.17) is 26.4 Å². The number of hydrogen-bond donors (Lipinski definition) is 3. The molecule has 0 radical (unpaired) electrons. The Morgan fingerprint density at radius 1 is 1.00 bits per heavy atom. The topological polar surface area (TPSA) is 97.9 Å². The summed E-state index contributed by atoms with van der Waals surface area (Å²) < 4.78 is 16.7. The number of benzene rings is 2. The molecule has 0 fully saturated rings. The van der Waals surface area contributed by atoms with E-state index in [1.165, 1.54) is 0 Å². The lowest BCUT2D eigenvalue weighted by Crippen LogP contribution is -2.48. The maximum absolute atomic E-state index is 12.3. The van der Waals surface area contributed by atoms with Crippen LogP contribution in [0.5, 0.6) is 11.5 Å². The third kappa shape index (κ3) is 7.43. The number of ether oxygens (including phenoxy) is 3. The van der Waals surface area contributed by atoms with Crippen molar-refractivity contribution in [3.05, 3.63) is 57.2 Å². The predicted molar refractivity (Wildman–Crippen MR) is 125 cm³/mol. The van der Waals surface area contributed by atoms with Gasteiger partial charge in [0.25, 0.3) is 11.8 Å². The monoisotopic (exact) mass is 543 g/mol. The minimum Gasteiger partial charge on any atom is -0.496 e. The number of carbonyl (C=O) groups is 2. The summed E-state index contributed by atoms with van der Waals surface area (Å²) in [6.45, 7) is 3.48. The van der Waals surface area contributed by atoms with Gasteiger partial charge in [0.05, 0.1) is 17.3 Å². The van der Waals surface area contributed by atoms with Gasteiger partial charge in [0.2, 0.25) is 0 Å². The van der Waals surface area contributed by atoms with Crippen LogP contribution >= 0.6 is 34.8 Å². The van der Waals surface area contributed by atoms with Crippen molar-refractivity contribution in [2.75, 3.05) is 26.9 Å². The van der Waals surface area contributed by atoms with Crippen LogP contribution in [-0.2, 0) is 4.74 Å². The molecule has 8 nitrogen and oxygen atoms in total. The minimum atomic E-state index is -0.415. The molecule has 0 aliphatic heterocycles. The largest absolute Gasteiger partial charge is 0.496 e. The summed E-state index contributed by atoms with van der Waals surface area (Å²) in [6.07, 6.45) is 0. The molecular formula is C20H22IN3O5S. The van der Waals surface area contributed by atoms with E-state index in [2.05, 4.69) is 38.8 Å². The molecule has 0 saturated heterocycles. The van der Waals surface area contributed by atoms with Gasteiger partial charge in [-0.2, -0.15) is 0 Å². The molecule has 30 heavy (non-hydrogen) atoms. The lowest BCUT2D eigenvalue weighted by atomic mass is 10.2. The van der Waals surface area contributed by atoms with Crippen LogP contribution in [-0.4, -0.2) is 43.9 Å². The number of methoxy groups -OCH3 is 1. The normalized spacial score (nSPS) is 10.1. The van der Waals surface area contributed by atoms with E-state index in [1.54, 1.807) is 49.6 Å². The summed E-state index contributed by atoms with van der Waals surface area (Å²) in [7, 11) is 1.56. The predicted octanol–water partition coefficient (Wildman–Crippen LogP) is 2.66. The molecule has 0 unspecified atom stereocenters. The first-order valence-corrected chi connectivity index (χ1v) is 10.5. The zero-order valence-corrected chi connectivity index (χ0v) is 19.5. The maximum Gasteiger partial charge on any atom is 0.269 e. The van der Waals surface area contributed by atoms with Crippen molar-refractivity contribution >= 4 is 51.7 Å². The van der Waals surface area contributed by atoms with Crippen LogP contribution in [0, 0.1) is 3.57 Å². The van der Waals surface area contributed by atoms with Crippen LogP contribution in [0.4, 0.5) is 0 Å². The van der Waals surface area contributed by atoms with Crippen LogP contribution in [0.25, 0.3) is 0 Å². The summed E-state index contributed by atoms with van der Waals surface area (Å²) >= 11 is 7.13. The molecule has 0 aliphatic carbocycles. The Morgan fingerprint density at radius 3 is 2.33 bits per heavy atom. The number of halogens is 1. The first-order valence-electron chi connectivity index (χ1n) is 9.00. The van der Waals surface area contributed by atoms with Crippen LogP contribution in [0.1, 0.15) is 27.6 Å². The third-order valence-corrected chi connectivity index (χ3v) is 4.79. The summed E-state index contributed by atoms with van der Waals surface area (Å²) in [6, 6.07) is 11.6. The summed E-state index contributed by atoms with van der Waals surface area (Å²) in [5, 5.41) is 2.46. The van der Waals surface area contributed by atoms with Crippen molar-refractivity contribution in [3.8, 4) is 11.5 Å². The molecule has 2 rings (SSSR count). The average Bonchev–Trinajstić information content (AvgIpc) is 2.75. The summed E-state index contributed by atoms with van der Waals surface area (Å²) in [5.74, 6) is 0.490. The maximum atomic E-state index is 12.3. The fourth-order valence-electron chi connectivity index (χ4n) is 2.27. The fraction of sp³-hybridized carbons (Fsp3) is 0.250. The number of hydrogen-bond acceptors (Lipinski definition) is 6. The van der Waals surface area contributed by atoms with E-state index in [0.29, 0.717) is 42.4 Å². The Morgan fingerprint density at radius 2 is 1.70 bits per heavy atom. The summed E-state index contributed by atoms with van der Waals surface area (Å²) in [5.41, 5.74) is 5.76. The van der Waals surface area contributed by atoms with Crippen LogP contribution < -0.4 is 25.6 Å². The molecule has 0 heterocycles. The van der Waals surface area contributed by atoms with Gasteiger partial charge in [0.15, 0.2) is 5.11 Å². The van der Waals surface area contributed by atoms with Crippen molar-refractivity contribution in [3.63, 3.8) is 0 Å². The molecule has 0 atom stereocenters. The Bertz CT molecular complexity index is 893. The van der Waals surface area contributed by atoms with Gasteiger partial charge in [0, 0.05) is 17.7 Å². The van der Waals surface area contributed by atoms with E-state index >= 15 is 0 Å². The number of carbonyl (C=O) groups excluding carboxylic acids is 2. The molecule has 10 heteroatoms. The second-order valence-corrected chi connectivity index (χ2v) is 7.35. The number of nitrogens with one attached hydrogen (secondary N) is 3. The van der Waals surface area contributed by atoms with Gasteiger partial charge >= 0.3 is 0 Å². The van der Waals surface area contributed by atoms with Crippen molar-refractivity contribution in [1.82, 2.24) is 16.2 Å². The minimum absolute atomic E-state index is 0.0337. The standard InChI is InChI=1S/C20H22IN3O5S/c1-3-28-10-11-29-15-7-4-13(5-8-15)18(25)22-20(30)24-23-19(26)14-6-9-17(27-2)16(21)12-14/h4-9,12H,3,10-11H2,1-2H3,(H,23,26)(H2,22,24,25,30). The van der Waals surface area contributed by atoms with E-state index in [-0.39, 0.29) is 5.11 Å². The molecule has 0 saturated carbocycles. The number of hydrazine groups is 1. The Labute approximate surface area is 193 Å². The van der Waals surface area contributed by atoms with Crippen molar-refractivity contribution in [2.24, 2.45) is 0 Å². The van der Waals surface area contributed by atoms with Crippen molar-refractivity contribution in [2.45, 2.75) is 6.92 Å². The second-order valence-electron chi connectivity index (χ2n) is 5.78. The van der Waals surface area contributed by atoms with Gasteiger partial charge in [-0.05, 0) is 84.2 Å². The Balaban J connectivity index is 1.80. The number of rotatable bonds is 8. The van der Waals surface area contributed by atoms with Crippen molar-refractivity contribution < 1.29 is 23.8 Å². The second kappa shape index (κ2) is 12.3. The third-order valence-electron chi connectivity index (χ3n) is 3.75. The van der Waals surface area contributed by atoms with E-state index in [9.17, 15) is 9.59 Å². The average molecular weight is 543 g/mol. The van der Waals surface area contributed by atoms with Gasteiger partial charge in [-0.1, -0.05) is 0 Å². The molecule has 160 valence electrons. The molecule has 0 spiro atoms. The first kappa shape index (κ1) is 23.8. The number of amides is 2. The molecule has 0 aromatic heterocycles. The number of thiocarbonyl (C=S) groups is 1. The highest BCUT2D eigenvalue weighted by Crippen LogP contribution is 2.21. The van der Waals surface area contributed by atoms with Gasteiger partial charge in [-0.25, -0.2) is 0 Å². The van der Waals surface area contributed by atoms with Crippen LogP contribution in [0.3, 0.4) is 0 Å². The molecule has 3 N–H and O–H groups in total. The SMILES string of the molecule is CCOCCOc1ccc(C(=O)NC(=S)NNC(=O)c2ccc(OC)c(I)c2)cc1. The highest BCUT2D eigenvalue weighted by atomic mass is 127. The van der Waals surface area contributed by atoms with E-state index in [0.717, 1.165) is 3.57 Å². The quantitative estimate of drug-likeness (QED) is 0.204. The van der Waals surface area contributed by atoms with Gasteiger partial charge in [-0.15, -0.1) is 0 Å². The highest BCUT2D eigenvalue weighted by Gasteiger charge is 2.11. The van der Waals surface area contributed by atoms with Gasteiger partial charge < -0.3 is 14.2 Å². The van der Waals surface area contributed by atoms with Crippen molar-refractivity contribution in [1.29, 1.82) is 0 Å². The first-order chi connectivity index (χ1) is 14.4. The lowest BCUT2D eigenvalue weighted by molar-refractivity contribution is 0.0934. The van der Waals surface area contributed by atoms with E-state index < -0.39 is 11.8 Å². The van der Waals surface area contributed by atoms with Gasteiger partial charge in [-0.3, -0.25) is 25.8 Å². The highest BCUT2D eigenvalue weighted by molar-refractivity contribution is 14.1. The van der Waals surface area contributed by atoms with E-state index in [1.807, 2.05) is 6.92 Å².